The van der Waals surface area contributed by atoms with Crippen molar-refractivity contribution in [2.75, 3.05) is 5.32 Å². The summed E-state index contributed by atoms with van der Waals surface area (Å²) < 4.78 is 0.958. The number of carbonyl (C=O) groups excluding carboxylic acids is 2. The Morgan fingerprint density at radius 1 is 1.30 bits per heavy atom. The highest BCUT2D eigenvalue weighted by molar-refractivity contribution is 9.11. The van der Waals surface area contributed by atoms with E-state index in [1.54, 1.807) is 24.3 Å². The predicted octanol–water partition coefficient (Wildman–Crippen LogP) is 3.10. The van der Waals surface area contributed by atoms with Crippen LogP contribution in [0.3, 0.4) is 0 Å². The number of aryl methyl sites for hydroxylation is 1. The number of carbonyl (C=O) groups is 2. The average molecular weight is 353 g/mol. The average Bonchev–Trinajstić information content (AvgIpc) is 2.71. The summed E-state index contributed by atoms with van der Waals surface area (Å²) in [7, 11) is 0. The Labute approximate surface area is 129 Å². The van der Waals surface area contributed by atoms with E-state index in [4.69, 9.17) is 5.73 Å². The molecule has 20 heavy (non-hydrogen) atoms. The zero-order valence-electron chi connectivity index (χ0n) is 10.8. The van der Waals surface area contributed by atoms with Crippen LogP contribution in [0.4, 0.5) is 5.69 Å². The van der Waals surface area contributed by atoms with E-state index in [-0.39, 0.29) is 18.2 Å². The number of thiophene rings is 1. The van der Waals surface area contributed by atoms with Crippen molar-refractivity contribution in [2.24, 2.45) is 5.73 Å². The second-order valence-corrected chi connectivity index (χ2v) is 6.73. The SMILES string of the molecule is Cc1cc(C(=O)Nc2ccc(CC(N)=O)cc2)sc1Br. The van der Waals surface area contributed by atoms with Crippen molar-refractivity contribution >= 4 is 44.8 Å². The van der Waals surface area contributed by atoms with Gasteiger partial charge in [0.2, 0.25) is 5.91 Å². The molecule has 104 valence electrons. The van der Waals surface area contributed by atoms with Crippen molar-refractivity contribution in [2.45, 2.75) is 13.3 Å². The van der Waals surface area contributed by atoms with Gasteiger partial charge >= 0.3 is 0 Å². The molecule has 0 bridgehead atoms. The number of rotatable bonds is 4. The standard InChI is InChI=1S/C14H13BrN2O2S/c1-8-6-11(20-13(8)15)14(19)17-10-4-2-9(3-5-10)7-12(16)18/h2-6H,7H2,1H3,(H2,16,18)(H,17,19). The number of anilines is 1. The van der Waals surface area contributed by atoms with E-state index in [2.05, 4.69) is 21.2 Å². The van der Waals surface area contributed by atoms with Crippen LogP contribution < -0.4 is 11.1 Å². The molecule has 1 aromatic carbocycles. The van der Waals surface area contributed by atoms with Crippen molar-refractivity contribution in [1.82, 2.24) is 0 Å². The first-order chi connectivity index (χ1) is 9.45. The van der Waals surface area contributed by atoms with Crippen LogP contribution in [0.25, 0.3) is 0 Å². The fourth-order valence-corrected chi connectivity index (χ4v) is 3.10. The molecule has 0 aliphatic rings. The minimum atomic E-state index is -0.374. The van der Waals surface area contributed by atoms with Crippen LogP contribution in [0.2, 0.25) is 0 Å². The number of hydrogen-bond donors (Lipinski definition) is 2. The summed E-state index contributed by atoms with van der Waals surface area (Å²) in [6, 6.07) is 8.90. The largest absolute Gasteiger partial charge is 0.369 e. The molecule has 0 radical (unpaired) electrons. The lowest BCUT2D eigenvalue weighted by molar-refractivity contribution is -0.117. The lowest BCUT2D eigenvalue weighted by atomic mass is 10.1. The molecule has 0 saturated heterocycles. The Morgan fingerprint density at radius 3 is 2.45 bits per heavy atom. The molecule has 2 rings (SSSR count). The van der Waals surface area contributed by atoms with Crippen molar-refractivity contribution < 1.29 is 9.59 Å². The Hall–Kier alpha value is -1.66. The maximum atomic E-state index is 12.0. The zero-order chi connectivity index (χ0) is 14.7. The zero-order valence-corrected chi connectivity index (χ0v) is 13.2. The summed E-state index contributed by atoms with van der Waals surface area (Å²) in [6.45, 7) is 1.94. The van der Waals surface area contributed by atoms with Crippen LogP contribution in [0.1, 0.15) is 20.8 Å². The third-order valence-electron chi connectivity index (χ3n) is 2.67. The number of nitrogens with two attached hydrogens (primary N) is 1. The predicted molar refractivity (Wildman–Crippen MR) is 84.0 cm³/mol. The number of hydrogen-bond acceptors (Lipinski definition) is 3. The fraction of sp³-hybridized carbons (Fsp3) is 0.143. The van der Waals surface area contributed by atoms with Gasteiger partial charge in [0.15, 0.2) is 0 Å². The third-order valence-corrected chi connectivity index (χ3v) is 4.81. The van der Waals surface area contributed by atoms with Crippen molar-refractivity contribution in [3.63, 3.8) is 0 Å². The van der Waals surface area contributed by atoms with Gasteiger partial charge < -0.3 is 11.1 Å². The Morgan fingerprint density at radius 2 is 1.95 bits per heavy atom. The summed E-state index contributed by atoms with van der Waals surface area (Å²) in [5, 5.41) is 2.81. The van der Waals surface area contributed by atoms with Crippen LogP contribution in [-0.2, 0) is 11.2 Å². The van der Waals surface area contributed by atoms with Gasteiger partial charge in [-0.25, -0.2) is 0 Å². The Kier molecular flexibility index (Phi) is 4.57. The molecular weight excluding hydrogens is 340 g/mol. The molecule has 0 aliphatic heterocycles. The van der Waals surface area contributed by atoms with Crippen molar-refractivity contribution in [3.8, 4) is 0 Å². The molecule has 0 atom stereocenters. The van der Waals surface area contributed by atoms with Gasteiger partial charge in [-0.1, -0.05) is 12.1 Å². The first kappa shape index (κ1) is 14.7. The Bertz CT molecular complexity index is 630. The van der Waals surface area contributed by atoms with Gasteiger partial charge in [-0.15, -0.1) is 11.3 Å². The number of primary amides is 1. The monoisotopic (exact) mass is 352 g/mol. The molecule has 2 aromatic rings. The van der Waals surface area contributed by atoms with E-state index in [1.807, 2.05) is 13.0 Å². The molecule has 3 N–H and O–H groups in total. The second kappa shape index (κ2) is 6.19. The van der Waals surface area contributed by atoms with Gasteiger partial charge in [0, 0.05) is 5.69 Å². The van der Waals surface area contributed by atoms with Crippen LogP contribution >= 0.6 is 27.3 Å². The third kappa shape index (κ3) is 3.68. The molecule has 4 nitrogen and oxygen atoms in total. The molecule has 0 aliphatic carbocycles. The first-order valence-electron chi connectivity index (χ1n) is 5.90. The summed E-state index contributed by atoms with van der Waals surface area (Å²) >= 11 is 4.79. The van der Waals surface area contributed by atoms with E-state index in [0.29, 0.717) is 10.6 Å². The van der Waals surface area contributed by atoms with Crippen LogP contribution in [0.5, 0.6) is 0 Å². The van der Waals surface area contributed by atoms with E-state index < -0.39 is 0 Å². The minimum Gasteiger partial charge on any atom is -0.369 e. The molecular formula is C14H13BrN2O2S. The number of benzene rings is 1. The van der Waals surface area contributed by atoms with Gasteiger partial charge in [-0.3, -0.25) is 9.59 Å². The molecule has 0 fully saturated rings. The first-order valence-corrected chi connectivity index (χ1v) is 7.51. The normalized spacial score (nSPS) is 10.3. The highest BCUT2D eigenvalue weighted by Crippen LogP contribution is 2.27. The molecule has 0 unspecified atom stereocenters. The summed E-state index contributed by atoms with van der Waals surface area (Å²) in [4.78, 5) is 23.5. The highest BCUT2D eigenvalue weighted by Gasteiger charge is 2.11. The summed E-state index contributed by atoms with van der Waals surface area (Å²) in [5.74, 6) is -0.521. The number of amides is 2. The van der Waals surface area contributed by atoms with Crippen molar-refractivity contribution in [1.29, 1.82) is 0 Å². The number of halogens is 1. The van der Waals surface area contributed by atoms with Gasteiger partial charge in [0.05, 0.1) is 15.1 Å². The summed E-state index contributed by atoms with van der Waals surface area (Å²) in [6.07, 6.45) is 0.200. The van der Waals surface area contributed by atoms with E-state index >= 15 is 0 Å². The van der Waals surface area contributed by atoms with E-state index in [9.17, 15) is 9.59 Å². The maximum Gasteiger partial charge on any atom is 0.265 e. The maximum absolute atomic E-state index is 12.0. The van der Waals surface area contributed by atoms with Crippen molar-refractivity contribution in [3.05, 3.63) is 50.1 Å². The molecule has 0 saturated carbocycles. The van der Waals surface area contributed by atoms with Gasteiger partial charge in [-0.05, 0) is 52.2 Å². The molecule has 1 heterocycles. The second-order valence-electron chi connectivity index (χ2n) is 4.36. The van der Waals surface area contributed by atoms with E-state index in [1.165, 1.54) is 11.3 Å². The van der Waals surface area contributed by atoms with E-state index in [0.717, 1.165) is 14.9 Å². The molecule has 2 amide bonds. The smallest absolute Gasteiger partial charge is 0.265 e. The molecule has 0 spiro atoms. The lowest BCUT2D eigenvalue weighted by Gasteiger charge is -2.04. The summed E-state index contributed by atoms with van der Waals surface area (Å²) in [5.41, 5.74) is 7.67. The van der Waals surface area contributed by atoms with Gasteiger partial charge in [0.25, 0.3) is 5.91 Å². The lowest BCUT2D eigenvalue weighted by Crippen LogP contribution is -2.14. The minimum absolute atomic E-state index is 0.147. The Balaban J connectivity index is 2.06. The quantitative estimate of drug-likeness (QED) is 0.887. The van der Waals surface area contributed by atoms with Gasteiger partial charge in [-0.2, -0.15) is 0 Å². The van der Waals surface area contributed by atoms with Crippen LogP contribution in [0, 0.1) is 6.92 Å². The fourth-order valence-electron chi connectivity index (χ4n) is 1.67. The van der Waals surface area contributed by atoms with Crippen LogP contribution in [-0.4, -0.2) is 11.8 Å². The molecule has 6 heteroatoms. The highest BCUT2D eigenvalue weighted by atomic mass is 79.9. The van der Waals surface area contributed by atoms with Gasteiger partial charge in [0.1, 0.15) is 0 Å². The molecule has 1 aromatic heterocycles. The number of nitrogens with one attached hydrogen (secondary N) is 1. The van der Waals surface area contributed by atoms with Crippen LogP contribution in [0.15, 0.2) is 34.1 Å². The topological polar surface area (TPSA) is 72.2 Å².